The molecular formula is C27H30N2O4S. The number of hydrogen-bond donors (Lipinski definition) is 0. The maximum atomic E-state index is 13.6. The number of hydrogen-bond acceptors (Lipinski definition) is 5. The predicted octanol–water partition coefficient (Wildman–Crippen LogP) is 4.35. The van der Waals surface area contributed by atoms with Crippen molar-refractivity contribution in [2.24, 2.45) is 0 Å². The summed E-state index contributed by atoms with van der Waals surface area (Å²) >= 11 is 1.72. The summed E-state index contributed by atoms with van der Waals surface area (Å²) in [4.78, 5) is 31.5. The van der Waals surface area contributed by atoms with E-state index in [1.54, 1.807) is 35.5 Å². The van der Waals surface area contributed by atoms with Gasteiger partial charge in [-0.05, 0) is 54.6 Å². The molecule has 6 nitrogen and oxygen atoms in total. The fourth-order valence-corrected chi connectivity index (χ4v) is 5.08. The standard InChI is InChI=1S/C27H30N2O4S/c1-20-8-10-21(11-9-20)27(31)28(15-16-32-2)18-26(30)29-14-12-25-23(13-17-34-25)24(29)19-33-22-6-4-3-5-7-22/h3-11,13,17,24H,12,14-16,18-19H2,1-2H3. The van der Waals surface area contributed by atoms with Crippen LogP contribution in [0.3, 0.4) is 0 Å². The fourth-order valence-electron chi connectivity index (χ4n) is 4.15. The molecule has 2 heterocycles. The number of carbonyl (C=O) groups is 2. The molecule has 1 aromatic heterocycles. The summed E-state index contributed by atoms with van der Waals surface area (Å²) < 4.78 is 11.3. The van der Waals surface area contributed by atoms with Crippen LogP contribution in [-0.2, 0) is 16.0 Å². The molecule has 0 saturated carbocycles. The number of amides is 2. The van der Waals surface area contributed by atoms with Gasteiger partial charge >= 0.3 is 0 Å². The van der Waals surface area contributed by atoms with Crippen molar-refractivity contribution in [1.29, 1.82) is 0 Å². The minimum Gasteiger partial charge on any atom is -0.491 e. The molecule has 1 aliphatic heterocycles. The van der Waals surface area contributed by atoms with Crippen molar-refractivity contribution in [2.45, 2.75) is 19.4 Å². The third kappa shape index (κ3) is 5.66. The second kappa shape index (κ2) is 11.3. The van der Waals surface area contributed by atoms with Crippen molar-refractivity contribution < 1.29 is 19.1 Å². The lowest BCUT2D eigenvalue weighted by Crippen LogP contribution is -2.48. The van der Waals surface area contributed by atoms with Crippen LogP contribution in [0.1, 0.15) is 32.4 Å². The van der Waals surface area contributed by atoms with Gasteiger partial charge in [-0.1, -0.05) is 35.9 Å². The molecule has 0 radical (unpaired) electrons. The number of ether oxygens (including phenoxy) is 2. The highest BCUT2D eigenvalue weighted by Gasteiger charge is 2.33. The van der Waals surface area contributed by atoms with Gasteiger partial charge in [-0.3, -0.25) is 9.59 Å². The Bertz CT molecular complexity index is 1100. The molecule has 34 heavy (non-hydrogen) atoms. The van der Waals surface area contributed by atoms with Crippen LogP contribution in [0.2, 0.25) is 0 Å². The molecule has 0 bridgehead atoms. The van der Waals surface area contributed by atoms with E-state index < -0.39 is 0 Å². The molecule has 4 rings (SSSR count). The number of para-hydroxylation sites is 1. The van der Waals surface area contributed by atoms with Crippen molar-refractivity contribution in [2.75, 3.05) is 40.0 Å². The Kier molecular flexibility index (Phi) is 7.98. The quantitative estimate of drug-likeness (QED) is 0.459. The Balaban J connectivity index is 1.51. The molecule has 7 heteroatoms. The highest BCUT2D eigenvalue weighted by molar-refractivity contribution is 7.10. The Labute approximate surface area is 204 Å². The van der Waals surface area contributed by atoms with Crippen LogP contribution in [-0.4, -0.2) is 61.6 Å². The van der Waals surface area contributed by atoms with Crippen molar-refractivity contribution in [3.63, 3.8) is 0 Å². The zero-order valence-electron chi connectivity index (χ0n) is 19.6. The van der Waals surface area contributed by atoms with Gasteiger partial charge in [-0.25, -0.2) is 0 Å². The summed E-state index contributed by atoms with van der Waals surface area (Å²) in [5.74, 6) is 0.513. The molecule has 3 aromatic rings. The minimum atomic E-state index is -0.193. The van der Waals surface area contributed by atoms with Crippen LogP contribution in [0.5, 0.6) is 5.75 Å². The minimum absolute atomic E-state index is 0.00260. The number of aryl methyl sites for hydroxylation is 1. The van der Waals surface area contributed by atoms with Crippen molar-refractivity contribution in [3.05, 3.63) is 87.6 Å². The zero-order valence-corrected chi connectivity index (χ0v) is 20.4. The monoisotopic (exact) mass is 478 g/mol. The van der Waals surface area contributed by atoms with Gasteiger partial charge in [0, 0.05) is 30.6 Å². The third-order valence-corrected chi connectivity index (χ3v) is 7.04. The summed E-state index contributed by atoms with van der Waals surface area (Å²) in [5.41, 5.74) is 2.78. The Morgan fingerprint density at radius 1 is 1.09 bits per heavy atom. The van der Waals surface area contributed by atoms with E-state index in [0.29, 0.717) is 31.9 Å². The van der Waals surface area contributed by atoms with Gasteiger partial charge in [0.1, 0.15) is 18.9 Å². The summed E-state index contributed by atoms with van der Waals surface area (Å²) in [6.07, 6.45) is 0.810. The first-order chi connectivity index (χ1) is 16.6. The van der Waals surface area contributed by atoms with E-state index in [1.165, 1.54) is 4.88 Å². The van der Waals surface area contributed by atoms with Gasteiger partial charge < -0.3 is 19.3 Å². The number of benzene rings is 2. The van der Waals surface area contributed by atoms with E-state index >= 15 is 0 Å². The van der Waals surface area contributed by atoms with Gasteiger partial charge in [-0.2, -0.15) is 0 Å². The Morgan fingerprint density at radius 2 is 1.85 bits per heavy atom. The number of fused-ring (bicyclic) bond motifs is 1. The van der Waals surface area contributed by atoms with Crippen molar-refractivity contribution >= 4 is 23.2 Å². The largest absolute Gasteiger partial charge is 0.491 e. The van der Waals surface area contributed by atoms with Crippen molar-refractivity contribution in [1.82, 2.24) is 9.80 Å². The highest BCUT2D eigenvalue weighted by atomic mass is 32.1. The lowest BCUT2D eigenvalue weighted by molar-refractivity contribution is -0.135. The van der Waals surface area contributed by atoms with Gasteiger partial charge in [-0.15, -0.1) is 11.3 Å². The lowest BCUT2D eigenvalue weighted by Gasteiger charge is -2.37. The molecule has 0 saturated heterocycles. The Morgan fingerprint density at radius 3 is 2.59 bits per heavy atom. The summed E-state index contributed by atoms with van der Waals surface area (Å²) in [6.45, 7) is 3.65. The molecule has 0 spiro atoms. The van der Waals surface area contributed by atoms with Gasteiger partial charge in [0.2, 0.25) is 5.91 Å². The highest BCUT2D eigenvalue weighted by Crippen LogP contribution is 2.34. The first kappa shape index (κ1) is 24.0. The average molecular weight is 479 g/mol. The Hall–Kier alpha value is -3.16. The van der Waals surface area contributed by atoms with Crippen LogP contribution in [0.25, 0.3) is 0 Å². The molecule has 0 fully saturated rings. The van der Waals surface area contributed by atoms with Crippen LogP contribution < -0.4 is 4.74 Å². The number of thiophene rings is 1. The van der Waals surface area contributed by atoms with E-state index in [4.69, 9.17) is 9.47 Å². The number of methoxy groups -OCH3 is 1. The van der Waals surface area contributed by atoms with Crippen LogP contribution in [0.15, 0.2) is 66.0 Å². The molecule has 178 valence electrons. The molecule has 0 aliphatic carbocycles. The number of carbonyl (C=O) groups excluding carboxylic acids is 2. The van der Waals surface area contributed by atoms with E-state index in [9.17, 15) is 9.59 Å². The molecule has 2 amide bonds. The van der Waals surface area contributed by atoms with Crippen LogP contribution in [0.4, 0.5) is 0 Å². The summed E-state index contributed by atoms with van der Waals surface area (Å²) in [5, 5.41) is 2.07. The second-order valence-corrected chi connectivity index (χ2v) is 9.36. The summed E-state index contributed by atoms with van der Waals surface area (Å²) in [6, 6.07) is 18.9. The van der Waals surface area contributed by atoms with Gasteiger partial charge in [0.05, 0.1) is 12.6 Å². The maximum Gasteiger partial charge on any atom is 0.254 e. The smallest absolute Gasteiger partial charge is 0.254 e. The van der Waals surface area contributed by atoms with E-state index in [1.807, 2.05) is 54.3 Å². The van der Waals surface area contributed by atoms with E-state index in [0.717, 1.165) is 23.3 Å². The first-order valence-corrected chi connectivity index (χ1v) is 12.3. The molecule has 1 aliphatic rings. The van der Waals surface area contributed by atoms with Crippen LogP contribution >= 0.6 is 11.3 Å². The SMILES string of the molecule is COCCN(CC(=O)N1CCc2sccc2C1COc1ccccc1)C(=O)c1ccc(C)cc1. The molecule has 1 atom stereocenters. The van der Waals surface area contributed by atoms with Crippen LogP contribution in [0, 0.1) is 6.92 Å². The predicted molar refractivity (Wildman–Crippen MR) is 133 cm³/mol. The lowest BCUT2D eigenvalue weighted by atomic mass is 10.0. The topological polar surface area (TPSA) is 59.1 Å². The second-order valence-electron chi connectivity index (χ2n) is 8.36. The molecule has 0 N–H and O–H groups in total. The third-order valence-electron chi connectivity index (χ3n) is 6.04. The first-order valence-electron chi connectivity index (χ1n) is 11.4. The van der Waals surface area contributed by atoms with Gasteiger partial charge in [0.25, 0.3) is 5.91 Å². The van der Waals surface area contributed by atoms with Crippen molar-refractivity contribution in [3.8, 4) is 5.75 Å². The average Bonchev–Trinajstić information content (AvgIpc) is 3.35. The zero-order chi connectivity index (χ0) is 23.9. The normalized spacial score (nSPS) is 15.0. The van der Waals surface area contributed by atoms with Gasteiger partial charge in [0.15, 0.2) is 0 Å². The number of nitrogens with zero attached hydrogens (tertiary/aromatic N) is 2. The fraction of sp³-hybridized carbons (Fsp3) is 0.333. The van der Waals surface area contributed by atoms with E-state index in [2.05, 4.69) is 11.4 Å². The molecular weight excluding hydrogens is 448 g/mol. The van der Waals surface area contributed by atoms with E-state index in [-0.39, 0.29) is 24.4 Å². The number of rotatable bonds is 9. The summed E-state index contributed by atoms with van der Waals surface area (Å²) in [7, 11) is 1.59. The molecule has 2 aromatic carbocycles. The molecule has 1 unspecified atom stereocenters. The maximum absolute atomic E-state index is 13.6.